The first kappa shape index (κ1) is 12.2. The number of carbonyl (C=O) groups is 2. The highest BCUT2D eigenvalue weighted by Gasteiger charge is 2.10. The van der Waals surface area contributed by atoms with Gasteiger partial charge < -0.3 is 10.4 Å². The topological polar surface area (TPSA) is 97.1 Å². The standard InChI is InChI=1S/C9H14N4O3/c1-7(6-9(15)16)11-8(14)2-4-13-5-3-10-12-13/h3,5,7H,2,4,6H2,1H3,(H,11,14)(H,15,16). The van der Waals surface area contributed by atoms with Crippen molar-refractivity contribution in [3.63, 3.8) is 0 Å². The van der Waals surface area contributed by atoms with Crippen molar-refractivity contribution < 1.29 is 14.7 Å². The van der Waals surface area contributed by atoms with Crippen LogP contribution in [0.3, 0.4) is 0 Å². The molecular weight excluding hydrogens is 212 g/mol. The van der Waals surface area contributed by atoms with Gasteiger partial charge in [0.2, 0.25) is 5.91 Å². The van der Waals surface area contributed by atoms with Crippen molar-refractivity contribution in [3.05, 3.63) is 12.4 Å². The summed E-state index contributed by atoms with van der Waals surface area (Å²) in [6.07, 6.45) is 3.38. The maximum absolute atomic E-state index is 11.4. The number of hydrogen-bond acceptors (Lipinski definition) is 4. The minimum absolute atomic E-state index is 0.0743. The van der Waals surface area contributed by atoms with Crippen LogP contribution >= 0.6 is 0 Å². The van der Waals surface area contributed by atoms with Gasteiger partial charge in [-0.1, -0.05) is 5.21 Å². The number of carbonyl (C=O) groups excluding carboxylic acids is 1. The van der Waals surface area contributed by atoms with Crippen molar-refractivity contribution in [2.24, 2.45) is 0 Å². The van der Waals surface area contributed by atoms with Crippen LogP contribution < -0.4 is 5.32 Å². The second kappa shape index (κ2) is 5.84. The van der Waals surface area contributed by atoms with Crippen molar-refractivity contribution in [1.82, 2.24) is 20.3 Å². The van der Waals surface area contributed by atoms with Crippen molar-refractivity contribution in [3.8, 4) is 0 Å². The summed E-state index contributed by atoms with van der Waals surface area (Å²) in [6, 6.07) is -0.360. The summed E-state index contributed by atoms with van der Waals surface area (Å²) in [6.45, 7) is 2.09. The number of hydrogen-bond donors (Lipinski definition) is 2. The summed E-state index contributed by atoms with van der Waals surface area (Å²) in [4.78, 5) is 21.7. The molecule has 16 heavy (non-hydrogen) atoms. The molecule has 1 aromatic heterocycles. The molecule has 1 heterocycles. The summed E-state index contributed by atoms with van der Waals surface area (Å²) in [5.41, 5.74) is 0. The maximum Gasteiger partial charge on any atom is 0.305 e. The fourth-order valence-electron chi connectivity index (χ4n) is 1.23. The van der Waals surface area contributed by atoms with Gasteiger partial charge in [-0.3, -0.25) is 14.3 Å². The first-order valence-corrected chi connectivity index (χ1v) is 4.93. The number of nitrogens with zero attached hydrogens (tertiary/aromatic N) is 3. The van der Waals surface area contributed by atoms with E-state index in [9.17, 15) is 9.59 Å². The molecule has 0 aromatic carbocycles. The molecule has 0 bridgehead atoms. The Hall–Kier alpha value is -1.92. The SMILES string of the molecule is CC(CC(=O)O)NC(=O)CCn1ccnn1. The van der Waals surface area contributed by atoms with Crippen LogP contribution in [0.1, 0.15) is 19.8 Å². The number of aryl methyl sites for hydroxylation is 1. The van der Waals surface area contributed by atoms with E-state index in [0.29, 0.717) is 6.54 Å². The highest BCUT2D eigenvalue weighted by molar-refractivity contribution is 5.77. The molecule has 1 atom stereocenters. The van der Waals surface area contributed by atoms with Gasteiger partial charge in [-0.2, -0.15) is 0 Å². The first-order valence-electron chi connectivity index (χ1n) is 4.93. The second-order valence-corrected chi connectivity index (χ2v) is 3.48. The Labute approximate surface area is 92.4 Å². The normalized spacial score (nSPS) is 12.1. The van der Waals surface area contributed by atoms with Gasteiger partial charge in [0.25, 0.3) is 0 Å². The quantitative estimate of drug-likeness (QED) is 0.690. The maximum atomic E-state index is 11.4. The Balaban J connectivity index is 2.23. The molecule has 2 N–H and O–H groups in total. The second-order valence-electron chi connectivity index (χ2n) is 3.48. The highest BCUT2D eigenvalue weighted by atomic mass is 16.4. The lowest BCUT2D eigenvalue weighted by molar-refractivity contribution is -0.137. The summed E-state index contributed by atoms with van der Waals surface area (Å²) in [5.74, 6) is -1.12. The van der Waals surface area contributed by atoms with E-state index < -0.39 is 5.97 Å². The molecule has 7 heteroatoms. The fourth-order valence-corrected chi connectivity index (χ4v) is 1.23. The van der Waals surface area contributed by atoms with Crippen molar-refractivity contribution in [2.75, 3.05) is 0 Å². The van der Waals surface area contributed by atoms with Gasteiger partial charge in [0.15, 0.2) is 0 Å². The van der Waals surface area contributed by atoms with Gasteiger partial charge in [-0.05, 0) is 6.92 Å². The Morgan fingerprint density at radius 1 is 1.56 bits per heavy atom. The lowest BCUT2D eigenvalue weighted by atomic mass is 10.2. The minimum Gasteiger partial charge on any atom is -0.481 e. The fraction of sp³-hybridized carbons (Fsp3) is 0.556. The molecule has 0 saturated carbocycles. The largest absolute Gasteiger partial charge is 0.481 e. The van der Waals surface area contributed by atoms with Gasteiger partial charge >= 0.3 is 5.97 Å². The molecule has 0 saturated heterocycles. The van der Waals surface area contributed by atoms with Crippen LogP contribution in [0.2, 0.25) is 0 Å². The lowest BCUT2D eigenvalue weighted by Crippen LogP contribution is -2.34. The monoisotopic (exact) mass is 226 g/mol. The zero-order valence-corrected chi connectivity index (χ0v) is 8.96. The lowest BCUT2D eigenvalue weighted by Gasteiger charge is -2.11. The number of aliphatic carboxylic acids is 1. The van der Waals surface area contributed by atoms with Gasteiger partial charge in [0, 0.05) is 18.7 Å². The third kappa shape index (κ3) is 4.54. The first-order chi connectivity index (χ1) is 7.58. The highest BCUT2D eigenvalue weighted by Crippen LogP contribution is 1.93. The van der Waals surface area contributed by atoms with Gasteiger partial charge in [-0.15, -0.1) is 5.10 Å². The van der Waals surface area contributed by atoms with E-state index in [1.54, 1.807) is 17.8 Å². The van der Waals surface area contributed by atoms with Gasteiger partial charge in [0.1, 0.15) is 0 Å². The predicted octanol–water partition coefficient (Wildman–Crippen LogP) is -0.352. The predicted molar refractivity (Wildman–Crippen MR) is 54.5 cm³/mol. The summed E-state index contributed by atoms with van der Waals surface area (Å²) in [5, 5.41) is 18.4. The summed E-state index contributed by atoms with van der Waals surface area (Å²) in [7, 11) is 0. The smallest absolute Gasteiger partial charge is 0.305 e. The van der Waals surface area contributed by atoms with Gasteiger partial charge in [-0.25, -0.2) is 0 Å². The number of carboxylic acids is 1. The molecule has 1 unspecified atom stereocenters. The molecule has 7 nitrogen and oxygen atoms in total. The molecule has 0 aliphatic heterocycles. The average Bonchev–Trinajstić information content (AvgIpc) is 2.65. The number of aromatic nitrogens is 3. The van der Waals surface area contributed by atoms with E-state index in [0.717, 1.165) is 0 Å². The van der Waals surface area contributed by atoms with Crippen LogP contribution in [0.25, 0.3) is 0 Å². The molecule has 0 radical (unpaired) electrons. The molecule has 0 aliphatic rings. The van der Waals surface area contributed by atoms with E-state index in [2.05, 4.69) is 15.6 Å². The number of nitrogens with one attached hydrogen (secondary N) is 1. The molecule has 0 aliphatic carbocycles. The van der Waals surface area contributed by atoms with Crippen LogP contribution in [0.5, 0.6) is 0 Å². The molecule has 0 fully saturated rings. The summed E-state index contributed by atoms with van der Waals surface area (Å²) < 4.78 is 1.54. The average molecular weight is 226 g/mol. The third-order valence-corrected chi connectivity index (χ3v) is 1.93. The Kier molecular flexibility index (Phi) is 4.43. The van der Waals surface area contributed by atoms with Crippen molar-refractivity contribution >= 4 is 11.9 Å². The van der Waals surface area contributed by atoms with Crippen molar-refractivity contribution in [1.29, 1.82) is 0 Å². The third-order valence-electron chi connectivity index (χ3n) is 1.93. The van der Waals surface area contributed by atoms with Crippen LogP contribution in [0.4, 0.5) is 0 Å². The van der Waals surface area contributed by atoms with E-state index in [1.165, 1.54) is 6.20 Å². The molecule has 1 amide bonds. The molecule has 0 spiro atoms. The Morgan fingerprint density at radius 3 is 2.88 bits per heavy atom. The van der Waals surface area contributed by atoms with E-state index in [4.69, 9.17) is 5.11 Å². The molecule has 88 valence electrons. The Bertz CT molecular complexity index is 350. The van der Waals surface area contributed by atoms with E-state index in [1.807, 2.05) is 0 Å². The zero-order chi connectivity index (χ0) is 12.0. The van der Waals surface area contributed by atoms with Crippen LogP contribution in [-0.4, -0.2) is 38.0 Å². The Morgan fingerprint density at radius 2 is 2.31 bits per heavy atom. The van der Waals surface area contributed by atoms with E-state index in [-0.39, 0.29) is 24.8 Å². The molecule has 1 aromatic rings. The number of rotatable bonds is 6. The summed E-state index contributed by atoms with van der Waals surface area (Å²) >= 11 is 0. The van der Waals surface area contributed by atoms with Crippen molar-refractivity contribution in [2.45, 2.75) is 32.4 Å². The molecule has 1 rings (SSSR count). The minimum atomic E-state index is -0.927. The van der Waals surface area contributed by atoms with E-state index >= 15 is 0 Å². The number of carboxylic acid groups (broad SMARTS) is 1. The molecular formula is C9H14N4O3. The van der Waals surface area contributed by atoms with Crippen LogP contribution in [-0.2, 0) is 16.1 Å². The van der Waals surface area contributed by atoms with Crippen LogP contribution in [0.15, 0.2) is 12.4 Å². The number of amides is 1. The van der Waals surface area contributed by atoms with Crippen LogP contribution in [0, 0.1) is 0 Å². The zero-order valence-electron chi connectivity index (χ0n) is 8.96. The van der Waals surface area contributed by atoms with Gasteiger partial charge in [0.05, 0.1) is 19.2 Å².